The zero-order chi connectivity index (χ0) is 25.7. The van der Waals surface area contributed by atoms with Crippen LogP contribution in [0.5, 0.6) is 0 Å². The van der Waals surface area contributed by atoms with Crippen molar-refractivity contribution in [2.45, 2.75) is 128 Å². The summed E-state index contributed by atoms with van der Waals surface area (Å²) in [6.07, 6.45) is 19.9. The van der Waals surface area contributed by atoms with Crippen molar-refractivity contribution in [1.82, 2.24) is 5.32 Å². The molecule has 7 nitrogen and oxygen atoms in total. The molecule has 3 atom stereocenters. The van der Waals surface area contributed by atoms with E-state index in [0.29, 0.717) is 6.42 Å². The van der Waals surface area contributed by atoms with E-state index >= 15 is 0 Å². The minimum absolute atomic E-state index is 0.265. The third-order valence-corrected chi connectivity index (χ3v) is 6.51. The summed E-state index contributed by atoms with van der Waals surface area (Å²) < 4.78 is 31.9. The first kappa shape index (κ1) is 32.8. The summed E-state index contributed by atoms with van der Waals surface area (Å²) in [4.78, 5) is 12.3. The fourth-order valence-corrected chi connectivity index (χ4v) is 4.36. The normalized spacial score (nSPS) is 15.1. The third-order valence-electron chi connectivity index (χ3n) is 5.73. The zero-order valence-electron chi connectivity index (χ0n) is 21.3. The minimum atomic E-state index is -4.42. The lowest BCUT2D eigenvalue weighted by atomic mass is 10.1. The van der Waals surface area contributed by atoms with E-state index in [-0.39, 0.29) is 6.42 Å². The Bertz CT molecular complexity index is 662. The Balaban J connectivity index is 4.33. The number of aliphatic hydroxyl groups excluding tert-OH is 2. The molecule has 34 heavy (non-hydrogen) atoms. The second kappa shape index (κ2) is 21.1. The second-order valence-electron chi connectivity index (χ2n) is 9.11. The smallest absolute Gasteiger partial charge is 0.267 e. The number of unbranched alkanes of at least 4 members (excludes halogenated alkanes) is 11. The first-order valence-electron chi connectivity index (χ1n) is 13.1. The van der Waals surface area contributed by atoms with E-state index in [1.54, 1.807) is 6.08 Å². The topological polar surface area (TPSA) is 124 Å². The molecule has 0 fully saturated rings. The van der Waals surface area contributed by atoms with Gasteiger partial charge in [-0.15, -0.1) is 0 Å². The van der Waals surface area contributed by atoms with E-state index in [1.807, 2.05) is 0 Å². The van der Waals surface area contributed by atoms with Gasteiger partial charge in [0.1, 0.15) is 6.10 Å². The second-order valence-corrected chi connectivity index (χ2v) is 10.6. The van der Waals surface area contributed by atoms with Crippen LogP contribution in [0.1, 0.15) is 110 Å². The predicted octanol–water partition coefficient (Wildman–Crippen LogP) is 5.08. The van der Waals surface area contributed by atoms with Gasteiger partial charge in [-0.05, 0) is 44.9 Å². The molecule has 0 spiro atoms. The molecule has 0 radical (unpaired) electrons. The number of carbonyl (C=O) groups excluding carboxylic acids is 1. The summed E-state index contributed by atoms with van der Waals surface area (Å²) >= 11 is 0. The maximum atomic E-state index is 12.3. The Labute approximate surface area is 207 Å². The van der Waals surface area contributed by atoms with Crippen molar-refractivity contribution in [2.24, 2.45) is 0 Å². The van der Waals surface area contributed by atoms with Crippen LogP contribution in [0.3, 0.4) is 0 Å². The molecule has 0 aliphatic heterocycles. The van der Waals surface area contributed by atoms with Gasteiger partial charge in [0, 0.05) is 0 Å². The molecule has 0 aliphatic carbocycles. The molecule has 0 aromatic rings. The van der Waals surface area contributed by atoms with Crippen LogP contribution in [0.15, 0.2) is 24.3 Å². The molecule has 1 amide bonds. The van der Waals surface area contributed by atoms with Crippen molar-refractivity contribution in [3.8, 4) is 0 Å². The van der Waals surface area contributed by atoms with Gasteiger partial charge in [0.25, 0.3) is 10.1 Å². The van der Waals surface area contributed by atoms with E-state index < -0.39 is 40.0 Å². The number of hydrogen-bond donors (Lipinski definition) is 4. The van der Waals surface area contributed by atoms with Crippen LogP contribution in [0.4, 0.5) is 0 Å². The average Bonchev–Trinajstić information content (AvgIpc) is 2.78. The Kier molecular flexibility index (Phi) is 20.3. The predicted molar refractivity (Wildman–Crippen MR) is 139 cm³/mol. The number of rotatable bonds is 22. The highest BCUT2D eigenvalue weighted by Gasteiger charge is 2.27. The molecule has 0 bridgehead atoms. The number of amides is 1. The van der Waals surface area contributed by atoms with Crippen LogP contribution in [0, 0.1) is 0 Å². The van der Waals surface area contributed by atoms with Crippen LogP contribution in [0.25, 0.3) is 0 Å². The monoisotopic (exact) mass is 503 g/mol. The highest BCUT2D eigenvalue weighted by Crippen LogP contribution is 2.10. The van der Waals surface area contributed by atoms with Crippen molar-refractivity contribution >= 4 is 16.0 Å². The molecule has 0 aliphatic rings. The molecule has 0 saturated heterocycles. The van der Waals surface area contributed by atoms with Crippen LogP contribution < -0.4 is 5.32 Å². The van der Waals surface area contributed by atoms with Crippen molar-refractivity contribution in [3.63, 3.8) is 0 Å². The van der Waals surface area contributed by atoms with Crippen molar-refractivity contribution in [3.05, 3.63) is 24.3 Å². The van der Waals surface area contributed by atoms with E-state index in [1.165, 1.54) is 25.3 Å². The highest BCUT2D eigenvalue weighted by atomic mass is 32.2. The Morgan fingerprint density at radius 1 is 0.794 bits per heavy atom. The van der Waals surface area contributed by atoms with Gasteiger partial charge in [0.05, 0.1) is 17.9 Å². The lowest BCUT2D eigenvalue weighted by molar-refractivity contribution is -0.130. The van der Waals surface area contributed by atoms with Crippen LogP contribution in [-0.2, 0) is 14.9 Å². The molecule has 200 valence electrons. The van der Waals surface area contributed by atoms with Crippen molar-refractivity contribution in [1.29, 1.82) is 0 Å². The quantitative estimate of drug-likeness (QED) is 0.0927. The fourth-order valence-electron chi connectivity index (χ4n) is 3.62. The van der Waals surface area contributed by atoms with Crippen LogP contribution >= 0.6 is 0 Å². The van der Waals surface area contributed by atoms with Gasteiger partial charge < -0.3 is 15.5 Å². The van der Waals surface area contributed by atoms with Crippen LogP contribution in [0.2, 0.25) is 0 Å². The molecule has 0 aromatic heterocycles. The van der Waals surface area contributed by atoms with E-state index in [9.17, 15) is 28.0 Å². The van der Waals surface area contributed by atoms with Crippen molar-refractivity contribution in [2.75, 3.05) is 5.75 Å². The summed E-state index contributed by atoms with van der Waals surface area (Å²) in [7, 11) is -4.42. The van der Waals surface area contributed by atoms with Crippen molar-refractivity contribution < 1.29 is 28.0 Å². The highest BCUT2D eigenvalue weighted by molar-refractivity contribution is 7.85. The Morgan fingerprint density at radius 2 is 1.29 bits per heavy atom. The van der Waals surface area contributed by atoms with Gasteiger partial charge in [-0.2, -0.15) is 8.42 Å². The number of carbonyl (C=O) groups is 1. The minimum Gasteiger partial charge on any atom is -0.387 e. The van der Waals surface area contributed by atoms with E-state index in [4.69, 9.17) is 0 Å². The number of nitrogens with one attached hydrogen (secondary N) is 1. The largest absolute Gasteiger partial charge is 0.387 e. The molecule has 0 heterocycles. The maximum absolute atomic E-state index is 12.3. The molecule has 3 unspecified atom stereocenters. The lowest BCUT2D eigenvalue weighted by Gasteiger charge is -2.22. The summed E-state index contributed by atoms with van der Waals surface area (Å²) in [5.74, 6) is -1.56. The summed E-state index contributed by atoms with van der Waals surface area (Å²) in [5, 5.41) is 22.9. The average molecular weight is 504 g/mol. The van der Waals surface area contributed by atoms with E-state index in [0.717, 1.165) is 64.2 Å². The SMILES string of the molecule is CCCCC/C=C\CCCCCCC(O)C(=O)NC(CS(=O)(=O)O)C(O)/C=C/CCCCCC. The maximum Gasteiger partial charge on any atom is 0.267 e. The Hall–Kier alpha value is -1.22. The van der Waals surface area contributed by atoms with Gasteiger partial charge in [-0.3, -0.25) is 9.35 Å². The third kappa shape index (κ3) is 20.2. The summed E-state index contributed by atoms with van der Waals surface area (Å²) in [6.45, 7) is 4.31. The van der Waals surface area contributed by atoms with Gasteiger partial charge >= 0.3 is 0 Å². The first-order chi connectivity index (χ1) is 16.2. The zero-order valence-corrected chi connectivity index (χ0v) is 22.1. The molecular weight excluding hydrogens is 454 g/mol. The number of aliphatic hydroxyl groups is 2. The summed E-state index contributed by atoms with van der Waals surface area (Å²) in [6, 6.07) is -1.23. The van der Waals surface area contributed by atoms with Crippen LogP contribution in [-0.4, -0.2) is 53.1 Å². The molecule has 0 aromatic carbocycles. The molecule has 0 rings (SSSR count). The molecule has 0 saturated carbocycles. The fraction of sp³-hybridized carbons (Fsp3) is 0.808. The standard InChI is InChI=1S/C26H49NO6S/c1-3-5-7-9-11-12-13-14-15-17-19-21-25(29)26(30)27-23(22-34(31,32)33)24(28)20-18-16-10-8-6-4-2/h11-12,18,20,23-25,28-29H,3-10,13-17,19,21-22H2,1-2H3,(H,27,30)(H,31,32,33)/b12-11-,20-18+. The lowest BCUT2D eigenvalue weighted by Crippen LogP contribution is -2.50. The first-order valence-corrected chi connectivity index (χ1v) is 14.8. The summed E-state index contributed by atoms with van der Waals surface area (Å²) in [5.41, 5.74) is 0. The number of hydrogen-bond acceptors (Lipinski definition) is 5. The van der Waals surface area contributed by atoms with Gasteiger partial charge in [0.2, 0.25) is 5.91 Å². The number of allylic oxidation sites excluding steroid dienone is 3. The van der Waals surface area contributed by atoms with Gasteiger partial charge in [-0.1, -0.05) is 89.5 Å². The molecular formula is C26H49NO6S. The Morgan fingerprint density at radius 3 is 1.88 bits per heavy atom. The van der Waals surface area contributed by atoms with E-state index in [2.05, 4.69) is 31.3 Å². The molecule has 8 heteroatoms. The van der Waals surface area contributed by atoms with Gasteiger partial charge in [0.15, 0.2) is 0 Å². The van der Waals surface area contributed by atoms with Gasteiger partial charge in [-0.25, -0.2) is 0 Å². The molecule has 4 N–H and O–H groups in total.